The number of hydrogen-bond acceptors (Lipinski definition) is 4. The van der Waals surface area contributed by atoms with E-state index < -0.39 is 17.3 Å². The SMILES string of the molecule is C[C@@]1(c2cc(NC(=O)c3ccc(Cl)cn3)ccc2F)Cc2ccccc2C(N)=N1. The molecule has 1 aliphatic rings. The second-order valence-corrected chi connectivity index (χ2v) is 7.55. The van der Waals surface area contributed by atoms with Crippen molar-refractivity contribution in [3.05, 3.63) is 94.0 Å². The largest absolute Gasteiger partial charge is 0.383 e. The monoisotopic (exact) mass is 408 g/mol. The highest BCUT2D eigenvalue weighted by Gasteiger charge is 2.34. The van der Waals surface area contributed by atoms with Crippen LogP contribution in [-0.2, 0) is 12.0 Å². The fourth-order valence-electron chi connectivity index (χ4n) is 3.54. The number of nitrogens with zero attached hydrogens (tertiary/aromatic N) is 2. The predicted molar refractivity (Wildman–Crippen MR) is 112 cm³/mol. The molecule has 0 spiro atoms. The molecule has 0 saturated carbocycles. The molecule has 0 fully saturated rings. The molecule has 3 N–H and O–H groups in total. The summed E-state index contributed by atoms with van der Waals surface area (Å²) in [4.78, 5) is 21.0. The molecule has 4 rings (SSSR count). The maximum Gasteiger partial charge on any atom is 0.274 e. The van der Waals surface area contributed by atoms with Crippen molar-refractivity contribution in [2.75, 3.05) is 5.32 Å². The molecule has 7 heteroatoms. The molecule has 1 amide bonds. The van der Waals surface area contributed by atoms with Gasteiger partial charge in [0.25, 0.3) is 5.91 Å². The van der Waals surface area contributed by atoms with E-state index in [1.165, 1.54) is 24.4 Å². The van der Waals surface area contributed by atoms with Crippen molar-refractivity contribution in [2.24, 2.45) is 10.7 Å². The number of hydrogen-bond donors (Lipinski definition) is 2. The lowest BCUT2D eigenvalue weighted by molar-refractivity contribution is 0.102. The zero-order valence-corrected chi connectivity index (χ0v) is 16.4. The fraction of sp³-hybridized carbons (Fsp3) is 0.136. The number of rotatable bonds is 3. The van der Waals surface area contributed by atoms with Crippen LogP contribution in [0.2, 0.25) is 5.02 Å². The van der Waals surface area contributed by atoms with E-state index >= 15 is 0 Å². The molecule has 5 nitrogen and oxygen atoms in total. The summed E-state index contributed by atoms with van der Waals surface area (Å²) in [6.45, 7) is 1.83. The van der Waals surface area contributed by atoms with E-state index in [1.54, 1.807) is 12.1 Å². The molecule has 1 atom stereocenters. The van der Waals surface area contributed by atoms with Gasteiger partial charge in [-0.1, -0.05) is 35.9 Å². The number of nitrogens with one attached hydrogen (secondary N) is 1. The molecule has 0 aliphatic carbocycles. The Kier molecular flexibility index (Phi) is 4.80. The van der Waals surface area contributed by atoms with Crippen LogP contribution in [0.25, 0.3) is 0 Å². The summed E-state index contributed by atoms with van der Waals surface area (Å²) in [5, 5.41) is 3.18. The lowest BCUT2D eigenvalue weighted by Crippen LogP contribution is -2.34. The Bertz CT molecular complexity index is 1130. The topological polar surface area (TPSA) is 80.4 Å². The maximum atomic E-state index is 14.8. The standard InChI is InChI=1S/C22H18ClFN4O/c1-22(11-13-4-2-3-5-16(13)20(25)28-22)17-10-15(7-8-18(17)24)27-21(29)19-9-6-14(23)12-26-19/h2-10,12H,11H2,1H3,(H2,25,28)(H,27,29)/t22-/m0/s1. The van der Waals surface area contributed by atoms with Crippen LogP contribution in [-0.4, -0.2) is 16.7 Å². The van der Waals surface area contributed by atoms with E-state index in [2.05, 4.69) is 15.3 Å². The van der Waals surface area contributed by atoms with E-state index in [9.17, 15) is 9.18 Å². The molecular weight excluding hydrogens is 391 g/mol. The summed E-state index contributed by atoms with van der Waals surface area (Å²) < 4.78 is 14.8. The van der Waals surface area contributed by atoms with Gasteiger partial charge in [-0.2, -0.15) is 0 Å². The van der Waals surface area contributed by atoms with E-state index in [-0.39, 0.29) is 5.69 Å². The van der Waals surface area contributed by atoms with Gasteiger partial charge in [-0.25, -0.2) is 9.37 Å². The van der Waals surface area contributed by atoms with Gasteiger partial charge < -0.3 is 11.1 Å². The zero-order valence-electron chi connectivity index (χ0n) is 15.6. The molecular formula is C22H18ClFN4O. The summed E-state index contributed by atoms with van der Waals surface area (Å²) in [6, 6.07) is 15.2. The van der Waals surface area contributed by atoms with Gasteiger partial charge in [0.1, 0.15) is 17.3 Å². The minimum absolute atomic E-state index is 0.209. The van der Waals surface area contributed by atoms with Crippen molar-refractivity contribution in [1.29, 1.82) is 0 Å². The van der Waals surface area contributed by atoms with Crippen LogP contribution < -0.4 is 11.1 Å². The van der Waals surface area contributed by atoms with Gasteiger partial charge in [0.05, 0.1) is 10.6 Å². The molecule has 2 heterocycles. The first-order chi connectivity index (χ1) is 13.9. The van der Waals surface area contributed by atoms with E-state index in [0.717, 1.165) is 11.1 Å². The second kappa shape index (κ2) is 7.29. The molecule has 2 aromatic carbocycles. The molecule has 0 saturated heterocycles. The lowest BCUT2D eigenvalue weighted by atomic mass is 9.81. The number of amides is 1. The number of aromatic nitrogens is 1. The van der Waals surface area contributed by atoms with Crippen LogP contribution in [0.1, 0.15) is 34.1 Å². The van der Waals surface area contributed by atoms with Gasteiger partial charge in [-0.05, 0) is 42.8 Å². The number of carbonyl (C=O) groups is 1. The Morgan fingerprint density at radius 1 is 1.21 bits per heavy atom. The Morgan fingerprint density at radius 2 is 2.00 bits per heavy atom. The Balaban J connectivity index is 1.66. The third kappa shape index (κ3) is 3.71. The third-order valence-corrected chi connectivity index (χ3v) is 5.18. The number of carbonyl (C=O) groups excluding carboxylic acids is 1. The van der Waals surface area contributed by atoms with Crippen LogP contribution >= 0.6 is 11.6 Å². The number of nitrogens with two attached hydrogens (primary N) is 1. The first-order valence-corrected chi connectivity index (χ1v) is 9.40. The quantitative estimate of drug-likeness (QED) is 0.677. The fourth-order valence-corrected chi connectivity index (χ4v) is 3.65. The van der Waals surface area contributed by atoms with E-state index in [4.69, 9.17) is 17.3 Å². The third-order valence-electron chi connectivity index (χ3n) is 4.96. The first kappa shape index (κ1) is 19.1. The maximum absolute atomic E-state index is 14.8. The minimum atomic E-state index is -0.887. The van der Waals surface area contributed by atoms with Gasteiger partial charge in [0.2, 0.25) is 0 Å². The average Bonchev–Trinajstić information content (AvgIpc) is 2.69. The summed E-state index contributed by atoms with van der Waals surface area (Å²) in [5.74, 6) is -0.457. The van der Waals surface area contributed by atoms with Crippen molar-refractivity contribution in [1.82, 2.24) is 4.98 Å². The highest BCUT2D eigenvalue weighted by molar-refractivity contribution is 6.30. The number of halogens is 2. The van der Waals surface area contributed by atoms with Crippen molar-refractivity contribution < 1.29 is 9.18 Å². The summed E-state index contributed by atoms with van der Waals surface area (Å²) in [5.41, 5.74) is 8.14. The van der Waals surface area contributed by atoms with Gasteiger partial charge in [0, 0.05) is 29.4 Å². The van der Waals surface area contributed by atoms with Crippen molar-refractivity contribution in [3.63, 3.8) is 0 Å². The minimum Gasteiger partial charge on any atom is -0.383 e. The van der Waals surface area contributed by atoms with Crippen molar-refractivity contribution in [3.8, 4) is 0 Å². The lowest BCUT2D eigenvalue weighted by Gasteiger charge is -2.32. The number of benzene rings is 2. The van der Waals surface area contributed by atoms with Gasteiger partial charge >= 0.3 is 0 Å². The van der Waals surface area contributed by atoms with Gasteiger partial charge in [-0.15, -0.1) is 0 Å². The zero-order chi connectivity index (χ0) is 20.6. The predicted octanol–water partition coefficient (Wildman–Crippen LogP) is 4.30. The smallest absolute Gasteiger partial charge is 0.274 e. The van der Waals surface area contributed by atoms with Crippen LogP contribution in [0.3, 0.4) is 0 Å². The number of aliphatic imine (C=N–C) groups is 1. The Labute approximate surface area is 172 Å². The van der Waals surface area contributed by atoms with Crippen molar-refractivity contribution in [2.45, 2.75) is 18.9 Å². The van der Waals surface area contributed by atoms with Crippen LogP contribution in [0, 0.1) is 5.82 Å². The highest BCUT2D eigenvalue weighted by Crippen LogP contribution is 2.37. The molecule has 0 radical (unpaired) electrons. The highest BCUT2D eigenvalue weighted by atomic mass is 35.5. The summed E-state index contributed by atoms with van der Waals surface area (Å²) in [7, 11) is 0. The summed E-state index contributed by atoms with van der Waals surface area (Å²) >= 11 is 5.81. The van der Waals surface area contributed by atoms with Crippen LogP contribution in [0.5, 0.6) is 0 Å². The molecule has 29 heavy (non-hydrogen) atoms. The van der Waals surface area contributed by atoms with Crippen LogP contribution in [0.15, 0.2) is 65.8 Å². The first-order valence-electron chi connectivity index (χ1n) is 9.02. The van der Waals surface area contributed by atoms with Crippen LogP contribution in [0.4, 0.5) is 10.1 Å². The molecule has 0 bridgehead atoms. The number of fused-ring (bicyclic) bond motifs is 1. The molecule has 1 aromatic heterocycles. The number of amidine groups is 1. The van der Waals surface area contributed by atoms with E-state index in [0.29, 0.717) is 28.5 Å². The van der Waals surface area contributed by atoms with Gasteiger partial charge in [-0.3, -0.25) is 9.79 Å². The van der Waals surface area contributed by atoms with Crippen molar-refractivity contribution >= 4 is 29.0 Å². The molecule has 1 aliphatic heterocycles. The summed E-state index contributed by atoms with van der Waals surface area (Å²) in [6.07, 6.45) is 1.89. The molecule has 3 aromatic rings. The van der Waals surface area contributed by atoms with Gasteiger partial charge in [0.15, 0.2) is 0 Å². The molecule has 0 unspecified atom stereocenters. The molecule has 146 valence electrons. The number of pyridine rings is 1. The average molecular weight is 409 g/mol. The number of anilines is 1. The van der Waals surface area contributed by atoms with E-state index in [1.807, 2.05) is 31.2 Å². The normalized spacial score (nSPS) is 18.0. The Hall–Kier alpha value is -3.25. The second-order valence-electron chi connectivity index (χ2n) is 7.12. The Morgan fingerprint density at radius 3 is 2.76 bits per heavy atom.